The first-order valence-corrected chi connectivity index (χ1v) is 16.9. The highest BCUT2D eigenvalue weighted by atomic mass is 35.5. The lowest BCUT2D eigenvalue weighted by Gasteiger charge is -2.34. The van der Waals surface area contributed by atoms with Crippen LogP contribution in [0, 0.1) is 13.8 Å². The van der Waals surface area contributed by atoms with Gasteiger partial charge in [0, 0.05) is 22.6 Å². The molecule has 1 aliphatic rings. The molecule has 4 rings (SSSR count). The van der Waals surface area contributed by atoms with Gasteiger partial charge in [0.2, 0.25) is 11.8 Å². The van der Waals surface area contributed by atoms with Gasteiger partial charge in [-0.1, -0.05) is 67.6 Å². The molecule has 0 bridgehead atoms. The van der Waals surface area contributed by atoms with Crippen LogP contribution in [0.5, 0.6) is 0 Å². The zero-order chi connectivity index (χ0) is 31.1. The van der Waals surface area contributed by atoms with E-state index in [-0.39, 0.29) is 23.4 Å². The Balaban J connectivity index is 1.72. The molecule has 43 heavy (non-hydrogen) atoms. The average Bonchev–Trinajstić information content (AvgIpc) is 2.99. The molecule has 1 aliphatic carbocycles. The molecule has 1 saturated carbocycles. The molecule has 0 unspecified atom stereocenters. The number of nitrogens with one attached hydrogen (secondary N) is 1. The standard InChI is InChI=1S/C33H39Cl2N3O4S/c1-4-31(33(40)36-28-8-6-5-7-9-28)37(21-25-11-13-26(34)14-12-25)32(39)22-38(29-17-10-23(2)24(3)20-29)43(41,42)30-18-15-27(35)16-19-30/h10-20,28,31H,4-9,21-22H2,1-3H3,(H,36,40)/t31-/m1/s1. The second-order valence-corrected chi connectivity index (χ2v) is 13.9. The van der Waals surface area contributed by atoms with Crippen LogP contribution >= 0.6 is 23.2 Å². The summed E-state index contributed by atoms with van der Waals surface area (Å²) in [4.78, 5) is 29.4. The number of carbonyl (C=O) groups is 2. The van der Waals surface area contributed by atoms with E-state index in [4.69, 9.17) is 23.2 Å². The van der Waals surface area contributed by atoms with Crippen molar-refractivity contribution >= 4 is 50.7 Å². The molecular weight excluding hydrogens is 605 g/mol. The first-order chi connectivity index (χ1) is 20.5. The molecule has 1 fully saturated rings. The fraction of sp³-hybridized carbons (Fsp3) is 0.394. The van der Waals surface area contributed by atoms with E-state index in [2.05, 4.69) is 5.32 Å². The van der Waals surface area contributed by atoms with Crippen LogP contribution in [-0.4, -0.2) is 43.8 Å². The molecule has 1 N–H and O–H groups in total. The molecule has 10 heteroatoms. The number of halogens is 2. The molecule has 0 aromatic heterocycles. The minimum Gasteiger partial charge on any atom is -0.352 e. The molecule has 0 saturated heterocycles. The number of nitrogens with zero attached hydrogens (tertiary/aromatic N) is 2. The van der Waals surface area contributed by atoms with Crippen LogP contribution in [0.15, 0.2) is 71.6 Å². The Hall–Kier alpha value is -3.07. The first kappa shape index (κ1) is 32.8. The number of hydrogen-bond acceptors (Lipinski definition) is 4. The Bertz CT molecular complexity index is 1520. The Morgan fingerprint density at radius 3 is 2.07 bits per heavy atom. The zero-order valence-corrected chi connectivity index (χ0v) is 27.2. The van der Waals surface area contributed by atoms with Gasteiger partial charge in [-0.15, -0.1) is 0 Å². The van der Waals surface area contributed by atoms with E-state index in [9.17, 15) is 18.0 Å². The van der Waals surface area contributed by atoms with E-state index in [1.54, 1.807) is 36.4 Å². The molecular formula is C33H39Cl2N3O4S. The molecule has 3 aromatic rings. The lowest BCUT2D eigenvalue weighted by molar-refractivity contribution is -0.140. The van der Waals surface area contributed by atoms with Crippen LogP contribution < -0.4 is 9.62 Å². The molecule has 1 atom stereocenters. The van der Waals surface area contributed by atoms with E-state index in [0.717, 1.165) is 53.1 Å². The number of hydrogen-bond donors (Lipinski definition) is 1. The SMILES string of the molecule is CC[C@H](C(=O)NC1CCCCC1)N(Cc1ccc(Cl)cc1)C(=O)CN(c1ccc(C)c(C)c1)S(=O)(=O)c1ccc(Cl)cc1. The number of carbonyl (C=O) groups excluding carboxylic acids is 2. The van der Waals surface area contributed by atoms with Gasteiger partial charge >= 0.3 is 0 Å². The Morgan fingerprint density at radius 2 is 1.49 bits per heavy atom. The maximum Gasteiger partial charge on any atom is 0.264 e. The largest absolute Gasteiger partial charge is 0.352 e. The number of amides is 2. The Morgan fingerprint density at radius 1 is 0.884 bits per heavy atom. The first-order valence-electron chi connectivity index (χ1n) is 14.7. The van der Waals surface area contributed by atoms with Gasteiger partial charge in [-0.2, -0.15) is 0 Å². The van der Waals surface area contributed by atoms with Crippen LogP contribution in [-0.2, 0) is 26.2 Å². The average molecular weight is 645 g/mol. The monoisotopic (exact) mass is 643 g/mol. The van der Waals surface area contributed by atoms with Crippen molar-refractivity contribution in [1.82, 2.24) is 10.2 Å². The molecule has 0 heterocycles. The molecule has 7 nitrogen and oxygen atoms in total. The summed E-state index contributed by atoms with van der Waals surface area (Å²) >= 11 is 12.2. The summed E-state index contributed by atoms with van der Waals surface area (Å²) in [7, 11) is -4.17. The summed E-state index contributed by atoms with van der Waals surface area (Å²) in [6.45, 7) is 5.32. The van der Waals surface area contributed by atoms with Crippen molar-refractivity contribution in [3.63, 3.8) is 0 Å². The summed E-state index contributed by atoms with van der Waals surface area (Å²) in [5.74, 6) is -0.716. The maximum atomic E-state index is 14.3. The van der Waals surface area contributed by atoms with Gasteiger partial charge in [-0.3, -0.25) is 13.9 Å². The fourth-order valence-corrected chi connectivity index (χ4v) is 7.05. The predicted molar refractivity (Wildman–Crippen MR) is 173 cm³/mol. The summed E-state index contributed by atoms with van der Waals surface area (Å²) in [6, 6.07) is 17.5. The molecule has 230 valence electrons. The van der Waals surface area contributed by atoms with Crippen LogP contribution in [0.1, 0.15) is 62.1 Å². The summed E-state index contributed by atoms with van der Waals surface area (Å²) in [5, 5.41) is 4.12. The Kier molecular flexibility index (Phi) is 11.2. The van der Waals surface area contributed by atoms with Gasteiger partial charge in [0.25, 0.3) is 10.0 Å². The van der Waals surface area contributed by atoms with Crippen molar-refractivity contribution in [2.45, 2.75) is 82.8 Å². The van der Waals surface area contributed by atoms with E-state index in [1.807, 2.05) is 26.8 Å². The molecule has 0 spiro atoms. The van der Waals surface area contributed by atoms with Gasteiger partial charge in [0.05, 0.1) is 10.6 Å². The highest BCUT2D eigenvalue weighted by molar-refractivity contribution is 7.92. The number of benzene rings is 3. The lowest BCUT2D eigenvalue weighted by atomic mass is 9.95. The highest BCUT2D eigenvalue weighted by Gasteiger charge is 2.34. The van der Waals surface area contributed by atoms with Gasteiger partial charge < -0.3 is 10.2 Å². The molecule has 0 aliphatic heterocycles. The van der Waals surface area contributed by atoms with E-state index in [0.29, 0.717) is 22.2 Å². The number of anilines is 1. The third-order valence-electron chi connectivity index (χ3n) is 8.06. The van der Waals surface area contributed by atoms with Gasteiger partial charge in [-0.25, -0.2) is 8.42 Å². The van der Waals surface area contributed by atoms with Crippen molar-refractivity contribution in [1.29, 1.82) is 0 Å². The van der Waals surface area contributed by atoms with Crippen molar-refractivity contribution in [2.75, 3.05) is 10.8 Å². The third kappa shape index (κ3) is 8.31. The second kappa shape index (κ2) is 14.6. The second-order valence-electron chi connectivity index (χ2n) is 11.1. The van der Waals surface area contributed by atoms with Gasteiger partial charge in [-0.05, 0) is 98.3 Å². The van der Waals surface area contributed by atoms with Gasteiger partial charge in [0.1, 0.15) is 12.6 Å². The lowest BCUT2D eigenvalue weighted by Crippen LogP contribution is -2.54. The van der Waals surface area contributed by atoms with Crippen LogP contribution in [0.3, 0.4) is 0 Å². The van der Waals surface area contributed by atoms with E-state index >= 15 is 0 Å². The minimum absolute atomic E-state index is 0.00858. The van der Waals surface area contributed by atoms with Crippen molar-refractivity contribution in [3.05, 3.63) is 93.5 Å². The predicted octanol–water partition coefficient (Wildman–Crippen LogP) is 7.06. The van der Waals surface area contributed by atoms with Crippen LogP contribution in [0.25, 0.3) is 0 Å². The maximum absolute atomic E-state index is 14.3. The van der Waals surface area contributed by atoms with E-state index in [1.165, 1.54) is 29.2 Å². The normalized spacial score (nSPS) is 14.6. The number of sulfonamides is 1. The fourth-order valence-electron chi connectivity index (χ4n) is 5.39. The third-order valence-corrected chi connectivity index (χ3v) is 10.4. The van der Waals surface area contributed by atoms with Crippen LogP contribution in [0.2, 0.25) is 10.0 Å². The smallest absolute Gasteiger partial charge is 0.264 e. The molecule has 2 amide bonds. The van der Waals surface area contributed by atoms with Crippen molar-refractivity contribution < 1.29 is 18.0 Å². The topological polar surface area (TPSA) is 86.8 Å². The molecule has 0 radical (unpaired) electrons. The van der Waals surface area contributed by atoms with Crippen LogP contribution in [0.4, 0.5) is 5.69 Å². The number of aryl methyl sites for hydroxylation is 2. The highest BCUT2D eigenvalue weighted by Crippen LogP contribution is 2.28. The quantitative estimate of drug-likeness (QED) is 0.242. The summed E-state index contributed by atoms with van der Waals surface area (Å²) in [5.41, 5.74) is 3.02. The summed E-state index contributed by atoms with van der Waals surface area (Å²) in [6.07, 6.45) is 5.46. The van der Waals surface area contributed by atoms with E-state index < -0.39 is 28.5 Å². The molecule has 3 aromatic carbocycles. The van der Waals surface area contributed by atoms with Crippen molar-refractivity contribution in [2.24, 2.45) is 0 Å². The Labute approximate surface area is 265 Å². The van der Waals surface area contributed by atoms with Gasteiger partial charge in [0.15, 0.2) is 0 Å². The minimum atomic E-state index is -4.17. The number of rotatable bonds is 11. The summed E-state index contributed by atoms with van der Waals surface area (Å²) < 4.78 is 29.2. The zero-order valence-electron chi connectivity index (χ0n) is 24.9. The van der Waals surface area contributed by atoms with Crippen molar-refractivity contribution in [3.8, 4) is 0 Å².